The van der Waals surface area contributed by atoms with Gasteiger partial charge in [0, 0.05) is 11.1 Å². The van der Waals surface area contributed by atoms with Crippen LogP contribution < -0.4 is 10.1 Å². The molecule has 0 aliphatic rings. The molecule has 0 atom stereocenters. The van der Waals surface area contributed by atoms with Gasteiger partial charge in [0.05, 0.1) is 10.5 Å². The highest BCUT2D eigenvalue weighted by atomic mass is 35.5. The molecule has 4 aromatic rings. The van der Waals surface area contributed by atoms with Crippen molar-refractivity contribution in [3.63, 3.8) is 0 Å². The Hall–Kier alpha value is -3.11. The molecular formula is C23H20ClN3O. The number of aromatic nitrogens is 2. The van der Waals surface area contributed by atoms with E-state index >= 15 is 0 Å². The highest BCUT2D eigenvalue weighted by Gasteiger charge is 2.08. The summed E-state index contributed by atoms with van der Waals surface area (Å²) in [7, 11) is 0. The minimum atomic E-state index is 0.476. The Morgan fingerprint density at radius 2 is 1.79 bits per heavy atom. The first-order valence-corrected chi connectivity index (χ1v) is 9.42. The number of nitrogens with one attached hydrogen (secondary N) is 1. The van der Waals surface area contributed by atoms with Crippen molar-refractivity contribution in [2.75, 3.05) is 5.32 Å². The van der Waals surface area contributed by atoms with Gasteiger partial charge in [0.25, 0.3) is 0 Å². The number of halogens is 1. The molecule has 0 saturated carbocycles. The lowest BCUT2D eigenvalue weighted by molar-refractivity contribution is 0.306. The fraction of sp³-hybridized carbons (Fsp3) is 0.130. The second-order valence-corrected chi connectivity index (χ2v) is 7.20. The Labute approximate surface area is 169 Å². The third-order valence-electron chi connectivity index (χ3n) is 4.46. The first-order valence-electron chi connectivity index (χ1n) is 9.05. The van der Waals surface area contributed by atoms with E-state index in [4.69, 9.17) is 16.3 Å². The summed E-state index contributed by atoms with van der Waals surface area (Å²) in [5, 5.41) is 4.85. The number of anilines is 2. The van der Waals surface area contributed by atoms with Crippen molar-refractivity contribution in [3.8, 4) is 5.75 Å². The minimum Gasteiger partial charge on any atom is -0.487 e. The number of rotatable bonds is 5. The standard InChI is InChI=1S/C23H20ClN3O/c1-15-4-3-5-17(10-15)13-28-22-9-7-18(12-20(22)24)27-23-19-11-16(2)6-8-21(19)25-14-26-23/h3-12,14H,13H2,1-2H3,(H,25,26,27). The molecule has 4 rings (SSSR count). The molecule has 1 aromatic heterocycles. The topological polar surface area (TPSA) is 47.0 Å². The molecule has 1 heterocycles. The normalized spacial score (nSPS) is 10.8. The van der Waals surface area contributed by atoms with Gasteiger partial charge in [-0.15, -0.1) is 0 Å². The molecule has 0 aliphatic heterocycles. The number of benzene rings is 3. The van der Waals surface area contributed by atoms with Gasteiger partial charge in [-0.1, -0.05) is 53.1 Å². The zero-order valence-corrected chi connectivity index (χ0v) is 16.5. The molecule has 0 amide bonds. The summed E-state index contributed by atoms with van der Waals surface area (Å²) in [5.41, 5.74) is 5.21. The Morgan fingerprint density at radius 3 is 2.61 bits per heavy atom. The molecule has 0 radical (unpaired) electrons. The summed E-state index contributed by atoms with van der Waals surface area (Å²) in [4.78, 5) is 8.70. The van der Waals surface area contributed by atoms with Gasteiger partial charge >= 0.3 is 0 Å². The average molecular weight is 390 g/mol. The van der Waals surface area contributed by atoms with Crippen LogP contribution in [0.2, 0.25) is 5.02 Å². The SMILES string of the molecule is Cc1cccc(COc2ccc(Nc3ncnc4ccc(C)cc34)cc2Cl)c1. The van der Waals surface area contributed by atoms with E-state index < -0.39 is 0 Å². The molecule has 5 heteroatoms. The lowest BCUT2D eigenvalue weighted by Crippen LogP contribution is -1.98. The third-order valence-corrected chi connectivity index (χ3v) is 4.76. The van der Waals surface area contributed by atoms with Crippen molar-refractivity contribution in [1.82, 2.24) is 9.97 Å². The van der Waals surface area contributed by atoms with Crippen LogP contribution in [-0.4, -0.2) is 9.97 Å². The van der Waals surface area contributed by atoms with Gasteiger partial charge in [0.2, 0.25) is 0 Å². The number of hydrogen-bond acceptors (Lipinski definition) is 4. The second-order valence-electron chi connectivity index (χ2n) is 6.79. The summed E-state index contributed by atoms with van der Waals surface area (Å²) >= 11 is 6.44. The molecule has 28 heavy (non-hydrogen) atoms. The van der Waals surface area contributed by atoms with Crippen LogP contribution in [0.15, 0.2) is 67.0 Å². The second kappa shape index (κ2) is 7.87. The van der Waals surface area contributed by atoms with Gasteiger partial charge in [-0.05, 0) is 49.7 Å². The van der Waals surface area contributed by atoms with Crippen LogP contribution in [0.3, 0.4) is 0 Å². The first-order chi connectivity index (χ1) is 13.6. The quantitative estimate of drug-likeness (QED) is 0.440. The lowest BCUT2D eigenvalue weighted by Gasteiger charge is -2.12. The first kappa shape index (κ1) is 18.3. The highest BCUT2D eigenvalue weighted by molar-refractivity contribution is 6.32. The number of fused-ring (bicyclic) bond motifs is 1. The van der Waals surface area contributed by atoms with E-state index in [1.807, 2.05) is 49.4 Å². The van der Waals surface area contributed by atoms with Gasteiger partial charge in [0.1, 0.15) is 24.5 Å². The number of ether oxygens (including phenoxy) is 1. The van der Waals surface area contributed by atoms with Gasteiger partial charge < -0.3 is 10.1 Å². The largest absolute Gasteiger partial charge is 0.487 e. The summed E-state index contributed by atoms with van der Waals surface area (Å²) in [5.74, 6) is 1.40. The monoisotopic (exact) mass is 389 g/mol. The maximum Gasteiger partial charge on any atom is 0.141 e. The van der Waals surface area contributed by atoms with Crippen molar-refractivity contribution >= 4 is 34.0 Å². The molecule has 140 valence electrons. The van der Waals surface area contributed by atoms with Gasteiger partial charge in [-0.2, -0.15) is 0 Å². The van der Waals surface area contributed by atoms with Crippen molar-refractivity contribution in [3.05, 3.63) is 88.7 Å². The van der Waals surface area contributed by atoms with Gasteiger partial charge in [0.15, 0.2) is 0 Å². The van der Waals surface area contributed by atoms with Crippen LogP contribution in [0.1, 0.15) is 16.7 Å². The van der Waals surface area contributed by atoms with E-state index in [0.717, 1.165) is 33.5 Å². The molecule has 4 nitrogen and oxygen atoms in total. The molecule has 0 spiro atoms. The molecule has 0 aliphatic carbocycles. The summed E-state index contributed by atoms with van der Waals surface area (Å²) < 4.78 is 5.88. The van der Waals surface area contributed by atoms with Gasteiger partial charge in [-0.25, -0.2) is 9.97 Å². The van der Waals surface area contributed by atoms with Crippen LogP contribution in [0.4, 0.5) is 11.5 Å². The van der Waals surface area contributed by atoms with E-state index in [1.165, 1.54) is 5.56 Å². The maximum atomic E-state index is 6.44. The predicted octanol–water partition coefficient (Wildman–Crippen LogP) is 6.22. The lowest BCUT2D eigenvalue weighted by atomic mass is 10.1. The Kier molecular flexibility index (Phi) is 5.13. The van der Waals surface area contributed by atoms with Crippen molar-refractivity contribution in [2.24, 2.45) is 0 Å². The Balaban J connectivity index is 1.53. The smallest absolute Gasteiger partial charge is 0.141 e. The Bertz CT molecular complexity index is 1140. The summed E-state index contributed by atoms with van der Waals surface area (Å²) in [6.07, 6.45) is 1.56. The fourth-order valence-electron chi connectivity index (χ4n) is 3.07. The van der Waals surface area contributed by atoms with E-state index in [-0.39, 0.29) is 0 Å². The van der Waals surface area contributed by atoms with Crippen molar-refractivity contribution < 1.29 is 4.74 Å². The molecule has 1 N–H and O–H groups in total. The molecule has 0 saturated heterocycles. The fourth-order valence-corrected chi connectivity index (χ4v) is 3.30. The molecule has 3 aromatic carbocycles. The Morgan fingerprint density at radius 1 is 0.929 bits per heavy atom. The predicted molar refractivity (Wildman–Crippen MR) is 115 cm³/mol. The van der Waals surface area contributed by atoms with Crippen LogP contribution in [0.25, 0.3) is 10.9 Å². The third kappa shape index (κ3) is 4.07. The van der Waals surface area contributed by atoms with Crippen molar-refractivity contribution in [2.45, 2.75) is 20.5 Å². The number of hydrogen-bond donors (Lipinski definition) is 1. The number of nitrogens with zero attached hydrogens (tertiary/aromatic N) is 2. The zero-order valence-electron chi connectivity index (χ0n) is 15.7. The molecular weight excluding hydrogens is 370 g/mol. The maximum absolute atomic E-state index is 6.44. The summed E-state index contributed by atoms with van der Waals surface area (Å²) in [6, 6.07) is 20.0. The highest BCUT2D eigenvalue weighted by Crippen LogP contribution is 2.31. The molecule has 0 fully saturated rings. The van der Waals surface area contributed by atoms with E-state index in [9.17, 15) is 0 Å². The summed E-state index contributed by atoms with van der Waals surface area (Å²) in [6.45, 7) is 4.59. The van der Waals surface area contributed by atoms with Crippen LogP contribution in [-0.2, 0) is 6.61 Å². The van der Waals surface area contributed by atoms with Gasteiger partial charge in [-0.3, -0.25) is 0 Å². The zero-order chi connectivity index (χ0) is 19.5. The van der Waals surface area contributed by atoms with Crippen LogP contribution in [0, 0.1) is 13.8 Å². The van der Waals surface area contributed by atoms with Crippen molar-refractivity contribution in [1.29, 1.82) is 0 Å². The number of aryl methyl sites for hydroxylation is 2. The van der Waals surface area contributed by atoms with Crippen LogP contribution in [0.5, 0.6) is 5.75 Å². The van der Waals surface area contributed by atoms with E-state index in [2.05, 4.69) is 40.4 Å². The van der Waals surface area contributed by atoms with Crippen LogP contribution >= 0.6 is 11.6 Å². The molecule has 0 unspecified atom stereocenters. The minimum absolute atomic E-state index is 0.476. The molecule has 0 bridgehead atoms. The van der Waals surface area contributed by atoms with E-state index in [0.29, 0.717) is 17.4 Å². The average Bonchev–Trinajstić information content (AvgIpc) is 2.68. The van der Waals surface area contributed by atoms with E-state index in [1.54, 1.807) is 6.33 Å².